The fourth-order valence-corrected chi connectivity index (χ4v) is 5.79. The molecule has 1 saturated heterocycles. The van der Waals surface area contributed by atoms with Crippen molar-refractivity contribution in [3.8, 4) is 0 Å². The minimum absolute atomic E-state index is 0.184. The Morgan fingerprint density at radius 1 is 1.00 bits per heavy atom. The number of piperazine rings is 1. The van der Waals surface area contributed by atoms with Crippen LogP contribution in [0, 0.1) is 0 Å². The van der Waals surface area contributed by atoms with Crippen LogP contribution >= 0.6 is 11.5 Å². The Kier molecular flexibility index (Phi) is 7.22. The van der Waals surface area contributed by atoms with E-state index < -0.39 is 21.8 Å². The molecule has 178 valence electrons. The summed E-state index contributed by atoms with van der Waals surface area (Å²) in [4.78, 5) is 4.27. The number of rotatable bonds is 8. The third-order valence-electron chi connectivity index (χ3n) is 5.70. The van der Waals surface area contributed by atoms with Crippen LogP contribution in [0.15, 0.2) is 53.4 Å². The molecule has 0 spiro atoms. The lowest BCUT2D eigenvalue weighted by atomic mass is 10.2. The van der Waals surface area contributed by atoms with Crippen LogP contribution in [0.25, 0.3) is 10.1 Å². The van der Waals surface area contributed by atoms with Gasteiger partial charge in [-0.3, -0.25) is 4.90 Å². The topological polar surface area (TPSA) is 65.5 Å². The lowest BCUT2D eigenvalue weighted by molar-refractivity contribution is -0.137. The predicted octanol–water partition coefficient (Wildman–Crippen LogP) is 4.20. The number of nitrogens with one attached hydrogen (secondary N) is 1. The molecule has 3 aromatic rings. The fraction of sp³-hybridized carbons (Fsp3) is 0.409. The lowest BCUT2D eigenvalue weighted by Gasteiger charge is -2.35. The van der Waals surface area contributed by atoms with E-state index in [4.69, 9.17) is 0 Å². The molecule has 0 saturated carbocycles. The zero-order valence-electron chi connectivity index (χ0n) is 17.9. The molecule has 2 aromatic carbocycles. The number of hydrogen-bond donors (Lipinski definition) is 1. The Morgan fingerprint density at radius 3 is 2.52 bits per heavy atom. The minimum atomic E-state index is -4.58. The Labute approximate surface area is 195 Å². The molecule has 11 heteroatoms. The molecule has 1 fully saturated rings. The van der Waals surface area contributed by atoms with Crippen LogP contribution in [0.4, 0.5) is 19.0 Å². The summed E-state index contributed by atoms with van der Waals surface area (Å²) in [5.41, 5.74) is -0.977. The van der Waals surface area contributed by atoms with Gasteiger partial charge in [-0.05, 0) is 61.3 Å². The first-order chi connectivity index (χ1) is 15.7. The summed E-state index contributed by atoms with van der Waals surface area (Å²) in [5.74, 6) is 1.04. The highest BCUT2D eigenvalue weighted by molar-refractivity contribution is 7.89. The second-order valence-corrected chi connectivity index (χ2v) is 10.5. The van der Waals surface area contributed by atoms with E-state index in [1.54, 1.807) is 0 Å². The van der Waals surface area contributed by atoms with Gasteiger partial charge in [0.05, 0.1) is 15.2 Å². The maximum atomic E-state index is 12.8. The predicted molar refractivity (Wildman–Crippen MR) is 124 cm³/mol. The fourth-order valence-electron chi connectivity index (χ4n) is 3.87. The third-order valence-corrected chi connectivity index (χ3v) is 7.97. The molecule has 33 heavy (non-hydrogen) atoms. The average Bonchev–Trinajstić information content (AvgIpc) is 3.23. The van der Waals surface area contributed by atoms with Crippen LogP contribution in [0.2, 0.25) is 0 Å². The number of anilines is 1. The number of sulfonamides is 1. The highest BCUT2D eigenvalue weighted by Gasteiger charge is 2.31. The van der Waals surface area contributed by atoms with Gasteiger partial charge < -0.3 is 4.90 Å². The highest BCUT2D eigenvalue weighted by Crippen LogP contribution is 2.31. The van der Waals surface area contributed by atoms with Crippen molar-refractivity contribution in [1.29, 1.82) is 0 Å². The van der Waals surface area contributed by atoms with E-state index in [-0.39, 0.29) is 11.4 Å². The van der Waals surface area contributed by atoms with Gasteiger partial charge in [0, 0.05) is 38.1 Å². The van der Waals surface area contributed by atoms with E-state index in [9.17, 15) is 21.6 Å². The number of hydrogen-bond acceptors (Lipinski definition) is 6. The molecule has 0 aliphatic carbocycles. The van der Waals surface area contributed by atoms with Crippen molar-refractivity contribution in [1.82, 2.24) is 14.0 Å². The van der Waals surface area contributed by atoms with E-state index >= 15 is 0 Å². The van der Waals surface area contributed by atoms with Crippen LogP contribution in [-0.4, -0.2) is 57.0 Å². The molecular formula is C22H25F3N4O2S2. The molecule has 0 bridgehead atoms. The van der Waals surface area contributed by atoms with Gasteiger partial charge in [-0.15, -0.1) is 0 Å². The van der Waals surface area contributed by atoms with E-state index in [0.29, 0.717) is 12.5 Å². The standard InChI is InChI=1S/C22H25F3N4O2S2/c23-22(24,25)17-6-5-7-18(16-17)33(30,31)26-10-3-4-11-28-12-14-29(15-13-28)21-19-8-1-2-9-20(19)32-27-21/h1-2,5-9,16,26H,3-4,10-15H2. The van der Waals surface area contributed by atoms with E-state index in [1.165, 1.54) is 27.7 Å². The van der Waals surface area contributed by atoms with Gasteiger partial charge in [0.1, 0.15) is 5.82 Å². The maximum Gasteiger partial charge on any atom is 0.416 e. The number of aromatic nitrogens is 1. The van der Waals surface area contributed by atoms with Crippen molar-refractivity contribution in [2.24, 2.45) is 0 Å². The number of nitrogens with zero attached hydrogens (tertiary/aromatic N) is 3. The summed E-state index contributed by atoms with van der Waals surface area (Å²) in [6, 6.07) is 12.0. The van der Waals surface area contributed by atoms with Crippen molar-refractivity contribution < 1.29 is 21.6 Å². The summed E-state index contributed by atoms with van der Waals surface area (Å²) in [7, 11) is -3.98. The van der Waals surface area contributed by atoms with Gasteiger partial charge in [-0.25, -0.2) is 13.1 Å². The Morgan fingerprint density at radius 2 is 1.76 bits per heavy atom. The summed E-state index contributed by atoms with van der Waals surface area (Å²) >= 11 is 1.51. The first-order valence-corrected chi connectivity index (χ1v) is 13.0. The number of unbranched alkanes of at least 4 members (excludes halogenated alkanes) is 1. The molecule has 0 atom stereocenters. The first-order valence-electron chi connectivity index (χ1n) is 10.7. The second kappa shape index (κ2) is 9.96. The molecular weight excluding hydrogens is 473 g/mol. The zero-order chi connectivity index (χ0) is 23.5. The SMILES string of the molecule is O=S(=O)(NCCCCN1CCN(c2nsc3ccccc23)CC1)c1cccc(C(F)(F)F)c1. The molecule has 4 rings (SSSR count). The van der Waals surface area contributed by atoms with Crippen molar-refractivity contribution in [2.45, 2.75) is 23.9 Å². The van der Waals surface area contributed by atoms with Crippen LogP contribution in [-0.2, 0) is 16.2 Å². The molecule has 1 aliphatic rings. The number of halogens is 3. The molecule has 1 N–H and O–H groups in total. The Balaban J connectivity index is 1.20. The summed E-state index contributed by atoms with van der Waals surface area (Å²) < 4.78 is 71.3. The van der Waals surface area contributed by atoms with E-state index in [2.05, 4.69) is 31.0 Å². The van der Waals surface area contributed by atoms with Gasteiger partial charge in [0.25, 0.3) is 0 Å². The largest absolute Gasteiger partial charge is 0.416 e. The molecule has 0 radical (unpaired) electrons. The summed E-state index contributed by atoms with van der Waals surface area (Å²) in [5, 5.41) is 1.18. The Bertz CT molecular complexity index is 1190. The van der Waals surface area contributed by atoms with Crippen molar-refractivity contribution >= 4 is 37.5 Å². The Hall–Kier alpha value is -2.21. The van der Waals surface area contributed by atoms with Crippen molar-refractivity contribution in [3.63, 3.8) is 0 Å². The van der Waals surface area contributed by atoms with Gasteiger partial charge in [-0.1, -0.05) is 18.2 Å². The average molecular weight is 499 g/mol. The number of benzene rings is 2. The molecule has 1 aliphatic heterocycles. The van der Waals surface area contributed by atoms with Crippen LogP contribution in [0.1, 0.15) is 18.4 Å². The molecule has 1 aromatic heterocycles. The van der Waals surface area contributed by atoms with E-state index in [1.807, 2.05) is 12.1 Å². The summed E-state index contributed by atoms with van der Waals surface area (Å²) in [6.45, 7) is 4.61. The van der Waals surface area contributed by atoms with Crippen LogP contribution in [0.3, 0.4) is 0 Å². The van der Waals surface area contributed by atoms with Crippen LogP contribution < -0.4 is 9.62 Å². The van der Waals surface area contributed by atoms with Crippen molar-refractivity contribution in [2.75, 3.05) is 44.2 Å². The first kappa shape index (κ1) is 23.9. The normalized spacial score (nSPS) is 15.9. The van der Waals surface area contributed by atoms with Gasteiger partial charge >= 0.3 is 6.18 Å². The zero-order valence-corrected chi connectivity index (χ0v) is 19.5. The van der Waals surface area contributed by atoms with Crippen molar-refractivity contribution in [3.05, 3.63) is 54.1 Å². The minimum Gasteiger partial charge on any atom is -0.353 e. The molecule has 0 unspecified atom stereocenters. The highest BCUT2D eigenvalue weighted by atomic mass is 32.2. The molecule has 0 amide bonds. The van der Waals surface area contributed by atoms with Crippen LogP contribution in [0.5, 0.6) is 0 Å². The smallest absolute Gasteiger partial charge is 0.353 e. The third kappa shape index (κ3) is 5.84. The lowest BCUT2D eigenvalue weighted by Crippen LogP contribution is -2.46. The van der Waals surface area contributed by atoms with E-state index in [0.717, 1.165) is 57.1 Å². The van der Waals surface area contributed by atoms with Gasteiger partial charge in [0.2, 0.25) is 10.0 Å². The van der Waals surface area contributed by atoms with Gasteiger partial charge in [-0.2, -0.15) is 17.5 Å². The maximum absolute atomic E-state index is 12.8. The second-order valence-electron chi connectivity index (χ2n) is 7.96. The quantitative estimate of drug-likeness (QED) is 0.472. The number of alkyl halides is 3. The number of fused-ring (bicyclic) bond motifs is 1. The summed E-state index contributed by atoms with van der Waals surface area (Å²) in [6.07, 6.45) is -3.18. The monoisotopic (exact) mass is 498 g/mol. The molecule has 2 heterocycles. The van der Waals surface area contributed by atoms with Gasteiger partial charge in [0.15, 0.2) is 0 Å². The molecule has 6 nitrogen and oxygen atoms in total.